The van der Waals surface area contributed by atoms with Gasteiger partial charge in [0.25, 0.3) is 5.91 Å². The van der Waals surface area contributed by atoms with Crippen LogP contribution in [0.4, 0.5) is 0 Å². The van der Waals surface area contributed by atoms with Crippen LogP contribution in [0.2, 0.25) is 0 Å². The molecular formula is C20H22N2O3. The molecule has 0 spiro atoms. The van der Waals surface area contributed by atoms with Crippen LogP contribution < -0.4 is 4.74 Å². The van der Waals surface area contributed by atoms with Crippen LogP contribution in [0.1, 0.15) is 34.8 Å². The first kappa shape index (κ1) is 18.5. The van der Waals surface area contributed by atoms with Crippen LogP contribution in [0.5, 0.6) is 5.75 Å². The van der Waals surface area contributed by atoms with Crippen molar-refractivity contribution in [2.45, 2.75) is 26.1 Å². The van der Waals surface area contributed by atoms with E-state index in [-0.39, 0.29) is 12.5 Å². The Morgan fingerprint density at radius 3 is 2.76 bits per heavy atom. The Hall–Kier alpha value is -2.84. The van der Waals surface area contributed by atoms with Gasteiger partial charge in [-0.05, 0) is 43.2 Å². The summed E-state index contributed by atoms with van der Waals surface area (Å²) >= 11 is 0. The Morgan fingerprint density at radius 1 is 1.28 bits per heavy atom. The zero-order valence-corrected chi connectivity index (χ0v) is 14.5. The van der Waals surface area contributed by atoms with Crippen molar-refractivity contribution in [3.63, 3.8) is 0 Å². The van der Waals surface area contributed by atoms with Gasteiger partial charge in [-0.3, -0.25) is 4.79 Å². The molecule has 0 aliphatic heterocycles. The Morgan fingerprint density at radius 2 is 2.04 bits per heavy atom. The molecule has 2 aromatic rings. The van der Waals surface area contributed by atoms with Gasteiger partial charge in [0.2, 0.25) is 0 Å². The predicted molar refractivity (Wildman–Crippen MR) is 95.2 cm³/mol. The molecule has 0 saturated carbocycles. The highest BCUT2D eigenvalue weighted by Gasteiger charge is 2.13. The predicted octanol–water partition coefficient (Wildman–Crippen LogP) is 2.98. The maximum Gasteiger partial charge on any atom is 0.253 e. The van der Waals surface area contributed by atoms with E-state index in [2.05, 4.69) is 6.07 Å². The minimum absolute atomic E-state index is 0.0973. The van der Waals surface area contributed by atoms with Crippen molar-refractivity contribution in [2.75, 3.05) is 13.6 Å². The zero-order valence-electron chi connectivity index (χ0n) is 14.5. The molecule has 1 unspecified atom stereocenters. The Balaban J connectivity index is 2.03. The topological polar surface area (TPSA) is 73.6 Å². The fourth-order valence-electron chi connectivity index (χ4n) is 2.34. The van der Waals surface area contributed by atoms with E-state index in [0.29, 0.717) is 29.8 Å². The number of para-hydroxylation sites is 1. The molecule has 2 aromatic carbocycles. The number of carbonyl (C=O) groups is 1. The Labute approximate surface area is 148 Å². The molecule has 25 heavy (non-hydrogen) atoms. The summed E-state index contributed by atoms with van der Waals surface area (Å²) in [7, 11) is 1.72. The van der Waals surface area contributed by atoms with E-state index in [0.717, 1.165) is 5.56 Å². The van der Waals surface area contributed by atoms with Crippen LogP contribution >= 0.6 is 0 Å². The summed E-state index contributed by atoms with van der Waals surface area (Å²) in [4.78, 5) is 14.0. The number of aliphatic hydroxyl groups is 1. The van der Waals surface area contributed by atoms with Gasteiger partial charge in [-0.1, -0.05) is 24.3 Å². The Bertz CT molecular complexity index is 766. The SMILES string of the molecule is CC(O)CCN(C)C(=O)c1cccc(COc2ccccc2C#N)c1. The van der Waals surface area contributed by atoms with Crippen molar-refractivity contribution in [1.82, 2.24) is 4.90 Å². The van der Waals surface area contributed by atoms with Crippen molar-refractivity contribution >= 4 is 5.91 Å². The van der Waals surface area contributed by atoms with E-state index in [4.69, 9.17) is 10.00 Å². The fourth-order valence-corrected chi connectivity index (χ4v) is 2.34. The van der Waals surface area contributed by atoms with Crippen LogP contribution in [-0.4, -0.2) is 35.6 Å². The van der Waals surface area contributed by atoms with Crippen LogP contribution in [0.3, 0.4) is 0 Å². The molecule has 0 aromatic heterocycles. The fraction of sp³-hybridized carbons (Fsp3) is 0.300. The third kappa shape index (κ3) is 5.33. The summed E-state index contributed by atoms with van der Waals surface area (Å²) in [6.45, 7) is 2.47. The molecule has 5 nitrogen and oxygen atoms in total. The summed E-state index contributed by atoms with van der Waals surface area (Å²) in [6.07, 6.45) is 0.103. The van der Waals surface area contributed by atoms with Gasteiger partial charge in [-0.15, -0.1) is 0 Å². The van der Waals surface area contributed by atoms with Gasteiger partial charge in [0.1, 0.15) is 18.4 Å². The first-order valence-electron chi connectivity index (χ1n) is 8.15. The van der Waals surface area contributed by atoms with Crippen LogP contribution in [0.25, 0.3) is 0 Å². The van der Waals surface area contributed by atoms with Crippen molar-refractivity contribution in [3.05, 3.63) is 65.2 Å². The van der Waals surface area contributed by atoms with Gasteiger partial charge in [-0.25, -0.2) is 0 Å². The maximum atomic E-state index is 12.4. The van der Waals surface area contributed by atoms with Crippen molar-refractivity contribution in [3.8, 4) is 11.8 Å². The number of hydrogen-bond acceptors (Lipinski definition) is 4. The molecule has 0 heterocycles. The Kier molecular flexibility index (Phi) is 6.55. The average molecular weight is 338 g/mol. The number of hydrogen-bond donors (Lipinski definition) is 1. The van der Waals surface area contributed by atoms with Crippen LogP contribution in [-0.2, 0) is 6.61 Å². The highest BCUT2D eigenvalue weighted by Crippen LogP contribution is 2.18. The zero-order chi connectivity index (χ0) is 18.2. The van der Waals surface area contributed by atoms with Gasteiger partial charge in [-0.2, -0.15) is 5.26 Å². The minimum atomic E-state index is -0.435. The quantitative estimate of drug-likeness (QED) is 0.842. The second-order valence-corrected chi connectivity index (χ2v) is 5.96. The first-order valence-corrected chi connectivity index (χ1v) is 8.15. The molecule has 0 saturated heterocycles. The monoisotopic (exact) mass is 338 g/mol. The normalized spacial score (nSPS) is 11.4. The number of amides is 1. The summed E-state index contributed by atoms with van der Waals surface area (Å²) < 4.78 is 5.71. The lowest BCUT2D eigenvalue weighted by Crippen LogP contribution is -2.29. The molecule has 0 fully saturated rings. The number of nitriles is 1. The minimum Gasteiger partial charge on any atom is -0.488 e. The summed E-state index contributed by atoms with van der Waals surface area (Å²) in [5, 5.41) is 18.4. The van der Waals surface area contributed by atoms with Crippen molar-refractivity contribution in [2.24, 2.45) is 0 Å². The number of aliphatic hydroxyl groups excluding tert-OH is 1. The molecule has 0 radical (unpaired) electrons. The van der Waals surface area contributed by atoms with E-state index in [1.807, 2.05) is 18.2 Å². The molecular weight excluding hydrogens is 316 g/mol. The van der Waals surface area contributed by atoms with E-state index < -0.39 is 6.10 Å². The molecule has 0 aliphatic rings. The van der Waals surface area contributed by atoms with Crippen molar-refractivity contribution < 1.29 is 14.6 Å². The molecule has 2 rings (SSSR count). The lowest BCUT2D eigenvalue weighted by atomic mass is 10.1. The second kappa shape index (κ2) is 8.86. The van der Waals surface area contributed by atoms with Crippen molar-refractivity contribution in [1.29, 1.82) is 5.26 Å². The van der Waals surface area contributed by atoms with Gasteiger partial charge in [0.05, 0.1) is 11.7 Å². The summed E-state index contributed by atoms with van der Waals surface area (Å²) in [5.41, 5.74) is 1.90. The molecule has 130 valence electrons. The second-order valence-electron chi connectivity index (χ2n) is 5.96. The van der Waals surface area contributed by atoms with E-state index in [1.54, 1.807) is 49.2 Å². The van der Waals surface area contributed by atoms with Gasteiger partial charge in [0, 0.05) is 19.2 Å². The standard InChI is InChI=1S/C20H22N2O3/c1-15(23)10-11-22(2)20(24)17-8-5-6-16(12-17)14-25-19-9-4-3-7-18(19)13-21/h3-9,12,15,23H,10-11,14H2,1-2H3. The van der Waals surface area contributed by atoms with Gasteiger partial charge in [0.15, 0.2) is 0 Å². The number of nitrogens with zero attached hydrogens (tertiary/aromatic N) is 2. The largest absolute Gasteiger partial charge is 0.488 e. The third-order valence-electron chi connectivity index (χ3n) is 3.80. The molecule has 0 aliphatic carbocycles. The van der Waals surface area contributed by atoms with E-state index in [1.165, 1.54) is 0 Å². The lowest BCUT2D eigenvalue weighted by molar-refractivity contribution is 0.0769. The number of carbonyl (C=O) groups excluding carboxylic acids is 1. The van der Waals surface area contributed by atoms with E-state index in [9.17, 15) is 9.90 Å². The molecule has 1 N–H and O–H groups in total. The molecule has 5 heteroatoms. The van der Waals surface area contributed by atoms with Crippen LogP contribution in [0, 0.1) is 11.3 Å². The highest BCUT2D eigenvalue weighted by molar-refractivity contribution is 5.94. The summed E-state index contributed by atoms with van der Waals surface area (Å²) in [5.74, 6) is 0.427. The number of ether oxygens (including phenoxy) is 1. The molecule has 1 amide bonds. The number of benzene rings is 2. The average Bonchev–Trinajstić information content (AvgIpc) is 2.64. The number of rotatable bonds is 7. The molecule has 0 bridgehead atoms. The van der Waals surface area contributed by atoms with Crippen LogP contribution in [0.15, 0.2) is 48.5 Å². The molecule has 1 atom stereocenters. The van der Waals surface area contributed by atoms with Gasteiger partial charge < -0.3 is 14.7 Å². The first-order chi connectivity index (χ1) is 12.0. The highest BCUT2D eigenvalue weighted by atomic mass is 16.5. The maximum absolute atomic E-state index is 12.4. The van der Waals surface area contributed by atoms with E-state index >= 15 is 0 Å². The third-order valence-corrected chi connectivity index (χ3v) is 3.80. The summed E-state index contributed by atoms with van der Waals surface area (Å²) in [6, 6.07) is 16.4. The smallest absolute Gasteiger partial charge is 0.253 e. The van der Waals surface area contributed by atoms with Gasteiger partial charge >= 0.3 is 0 Å². The lowest BCUT2D eigenvalue weighted by Gasteiger charge is -2.18.